The molecule has 0 aliphatic rings. The molecule has 0 radical (unpaired) electrons. The molecule has 0 bridgehead atoms. The molecule has 0 saturated heterocycles. The Morgan fingerprint density at radius 1 is 0.227 bits per heavy atom. The Kier molecular flexibility index (Phi) is 24.0. The number of halogens is 2. The molecular weight excluding hydrogens is 494 g/mol. The molecule has 0 N–H and O–H groups in total. The predicted octanol–water partition coefficient (Wildman–Crippen LogP) is 8.88. The Labute approximate surface area is 168 Å². The van der Waals surface area contributed by atoms with Crippen LogP contribution in [0.5, 0.6) is 0 Å². The summed E-state index contributed by atoms with van der Waals surface area (Å²) in [6.07, 6.45) is 26.6. The molecule has 2 heteroatoms. The first kappa shape index (κ1) is 23.5. The van der Waals surface area contributed by atoms with E-state index >= 15 is 0 Å². The molecule has 0 aromatic rings. The van der Waals surface area contributed by atoms with Gasteiger partial charge in [-0.25, -0.2) is 0 Å². The third-order valence-corrected chi connectivity index (χ3v) is 6.04. The fourth-order valence-electron chi connectivity index (χ4n) is 3.02. The second-order valence-corrected chi connectivity index (χ2v) is 8.90. The van der Waals surface area contributed by atoms with Crippen molar-refractivity contribution in [1.82, 2.24) is 0 Å². The molecule has 0 aromatic heterocycles. The van der Waals surface area contributed by atoms with Gasteiger partial charge in [-0.05, 0) is 21.7 Å². The minimum Gasteiger partial charge on any atom is -0.0864 e. The van der Waals surface area contributed by atoms with Gasteiger partial charge < -0.3 is 0 Å². The van der Waals surface area contributed by atoms with Crippen molar-refractivity contribution >= 4 is 45.2 Å². The van der Waals surface area contributed by atoms with Gasteiger partial charge in [-0.3, -0.25) is 0 Å². The zero-order valence-electron chi connectivity index (χ0n) is 14.9. The Bertz CT molecular complexity index is 163. The number of hydrogen-bond acceptors (Lipinski definition) is 0. The minimum absolute atomic E-state index is 1.34. The summed E-state index contributed by atoms with van der Waals surface area (Å²) < 4.78 is 2.69. The molecule has 0 saturated carbocycles. The lowest BCUT2D eigenvalue weighted by molar-refractivity contribution is 0.527. The fraction of sp³-hybridized carbons (Fsp3) is 1.00. The van der Waals surface area contributed by atoms with Crippen LogP contribution in [0.15, 0.2) is 0 Å². The molecule has 0 spiro atoms. The van der Waals surface area contributed by atoms with E-state index in [1.165, 1.54) is 124 Å². The van der Waals surface area contributed by atoms with Gasteiger partial charge in [-0.1, -0.05) is 148 Å². The van der Waals surface area contributed by atoms with Crippen molar-refractivity contribution < 1.29 is 0 Å². The zero-order valence-corrected chi connectivity index (χ0v) is 19.2. The van der Waals surface area contributed by atoms with Crippen LogP contribution in [0.1, 0.15) is 116 Å². The number of unbranched alkanes of at least 4 members (excludes halogenated alkanes) is 17. The standard InChI is InChI=1S/C20H40I2/c21-19-17-15-13-11-9-7-5-3-1-2-4-6-8-10-12-14-16-18-20-22/h1-20H2. The normalized spacial score (nSPS) is 11.2. The first-order chi connectivity index (χ1) is 10.9. The average Bonchev–Trinajstić information content (AvgIpc) is 2.54. The summed E-state index contributed by atoms with van der Waals surface area (Å²) in [6, 6.07) is 0. The first-order valence-electron chi connectivity index (χ1n) is 10.0. The van der Waals surface area contributed by atoms with Crippen LogP contribution in [-0.2, 0) is 0 Å². The van der Waals surface area contributed by atoms with E-state index in [4.69, 9.17) is 0 Å². The van der Waals surface area contributed by atoms with E-state index in [9.17, 15) is 0 Å². The Morgan fingerprint density at radius 3 is 0.500 bits per heavy atom. The summed E-state index contributed by atoms with van der Waals surface area (Å²) in [7, 11) is 0. The molecule has 0 aliphatic heterocycles. The van der Waals surface area contributed by atoms with Gasteiger partial charge in [-0.2, -0.15) is 0 Å². The van der Waals surface area contributed by atoms with Crippen molar-refractivity contribution in [2.75, 3.05) is 8.86 Å². The molecule has 0 nitrogen and oxygen atoms in total. The summed E-state index contributed by atoms with van der Waals surface area (Å²) in [5.74, 6) is 0. The van der Waals surface area contributed by atoms with Crippen molar-refractivity contribution in [2.24, 2.45) is 0 Å². The molecule has 0 amide bonds. The van der Waals surface area contributed by atoms with Crippen molar-refractivity contribution in [3.63, 3.8) is 0 Å². The minimum atomic E-state index is 1.34. The summed E-state index contributed by atoms with van der Waals surface area (Å²) in [5, 5.41) is 0. The van der Waals surface area contributed by atoms with Gasteiger partial charge in [-0.15, -0.1) is 0 Å². The highest BCUT2D eigenvalue weighted by atomic mass is 127. The summed E-state index contributed by atoms with van der Waals surface area (Å²) in [5.41, 5.74) is 0. The van der Waals surface area contributed by atoms with Crippen LogP contribution in [0.3, 0.4) is 0 Å². The van der Waals surface area contributed by atoms with Crippen molar-refractivity contribution in [1.29, 1.82) is 0 Å². The van der Waals surface area contributed by atoms with Crippen molar-refractivity contribution in [2.45, 2.75) is 116 Å². The number of rotatable bonds is 19. The van der Waals surface area contributed by atoms with Gasteiger partial charge in [0.25, 0.3) is 0 Å². The van der Waals surface area contributed by atoms with Crippen LogP contribution in [-0.4, -0.2) is 8.86 Å². The Balaban J connectivity index is 2.91. The van der Waals surface area contributed by atoms with Crippen molar-refractivity contribution in [3.8, 4) is 0 Å². The largest absolute Gasteiger partial charge is 0.0864 e. The van der Waals surface area contributed by atoms with Crippen LogP contribution >= 0.6 is 45.2 Å². The molecule has 0 unspecified atom stereocenters. The maximum atomic E-state index is 2.49. The Hall–Kier alpha value is 1.46. The predicted molar refractivity (Wildman–Crippen MR) is 121 cm³/mol. The van der Waals surface area contributed by atoms with Gasteiger partial charge in [0.05, 0.1) is 0 Å². The lowest BCUT2D eigenvalue weighted by Crippen LogP contribution is -1.84. The SMILES string of the molecule is ICCCCCCCCCCCCCCCCCCCCI. The van der Waals surface area contributed by atoms with Crippen LogP contribution in [0, 0.1) is 0 Å². The van der Waals surface area contributed by atoms with Crippen LogP contribution in [0.25, 0.3) is 0 Å². The lowest BCUT2D eigenvalue weighted by atomic mass is 10.0. The van der Waals surface area contributed by atoms with Gasteiger partial charge in [0.2, 0.25) is 0 Å². The quantitative estimate of drug-likeness (QED) is 0.0882. The first-order valence-corrected chi connectivity index (χ1v) is 13.1. The second-order valence-electron chi connectivity index (χ2n) is 6.74. The fourth-order valence-corrected chi connectivity index (χ4v) is 4.10. The Morgan fingerprint density at radius 2 is 0.364 bits per heavy atom. The number of alkyl halides is 2. The van der Waals surface area contributed by atoms with Crippen LogP contribution < -0.4 is 0 Å². The van der Waals surface area contributed by atoms with Gasteiger partial charge >= 0.3 is 0 Å². The van der Waals surface area contributed by atoms with Crippen molar-refractivity contribution in [3.05, 3.63) is 0 Å². The maximum Gasteiger partial charge on any atom is -0.000473 e. The highest BCUT2D eigenvalue weighted by Gasteiger charge is 1.95. The third-order valence-electron chi connectivity index (χ3n) is 4.52. The van der Waals surface area contributed by atoms with E-state index in [0.29, 0.717) is 0 Å². The second kappa shape index (κ2) is 22.5. The molecule has 0 heterocycles. The van der Waals surface area contributed by atoms with Crippen LogP contribution in [0.2, 0.25) is 0 Å². The van der Waals surface area contributed by atoms with Gasteiger partial charge in [0.15, 0.2) is 0 Å². The summed E-state index contributed by atoms with van der Waals surface area (Å²) in [4.78, 5) is 0. The monoisotopic (exact) mass is 534 g/mol. The molecular formula is C20H40I2. The summed E-state index contributed by atoms with van der Waals surface area (Å²) in [6.45, 7) is 0. The molecule has 0 fully saturated rings. The molecule has 0 atom stereocenters. The maximum absolute atomic E-state index is 2.49. The lowest BCUT2D eigenvalue weighted by Gasteiger charge is -2.03. The topological polar surface area (TPSA) is 0 Å². The van der Waals surface area contributed by atoms with E-state index in [0.717, 1.165) is 0 Å². The van der Waals surface area contributed by atoms with Gasteiger partial charge in [0.1, 0.15) is 0 Å². The van der Waals surface area contributed by atoms with E-state index < -0.39 is 0 Å². The van der Waals surface area contributed by atoms with Gasteiger partial charge in [0, 0.05) is 0 Å². The van der Waals surface area contributed by atoms with E-state index in [1.807, 2.05) is 0 Å². The zero-order chi connectivity index (χ0) is 16.1. The number of hydrogen-bond donors (Lipinski definition) is 0. The van der Waals surface area contributed by atoms with Crippen LogP contribution in [0.4, 0.5) is 0 Å². The highest BCUT2D eigenvalue weighted by molar-refractivity contribution is 14.1. The molecule has 0 rings (SSSR count). The smallest absolute Gasteiger partial charge is 0.000473 e. The molecule has 22 heavy (non-hydrogen) atoms. The van der Waals surface area contributed by atoms with E-state index in [1.54, 1.807) is 0 Å². The third kappa shape index (κ3) is 21.5. The van der Waals surface area contributed by atoms with E-state index in [2.05, 4.69) is 45.2 Å². The summed E-state index contributed by atoms with van der Waals surface area (Å²) >= 11 is 4.98. The molecule has 0 aliphatic carbocycles. The average molecular weight is 534 g/mol. The van der Waals surface area contributed by atoms with E-state index in [-0.39, 0.29) is 0 Å². The molecule has 0 aromatic carbocycles. The molecule has 134 valence electrons. The highest BCUT2D eigenvalue weighted by Crippen LogP contribution is 2.14.